The van der Waals surface area contributed by atoms with Gasteiger partial charge in [0.05, 0.1) is 12.5 Å². The first-order valence-electron chi connectivity index (χ1n) is 6.33. The molecule has 20 heavy (non-hydrogen) atoms. The molecule has 108 valence electrons. The van der Waals surface area contributed by atoms with Crippen LogP contribution in [-0.2, 0) is 4.79 Å². The van der Waals surface area contributed by atoms with Crippen LogP contribution in [-0.4, -0.2) is 42.0 Å². The van der Waals surface area contributed by atoms with E-state index in [4.69, 9.17) is 10.5 Å². The second-order valence-electron chi connectivity index (χ2n) is 5.29. The summed E-state index contributed by atoms with van der Waals surface area (Å²) in [6, 6.07) is 4.48. The standard InChI is InChI=1S/C14H18N2O4/c1-14(13(15)19)5-6-16(8-14)12(18)9-3-4-11(20-2)10(17)7-9/h3-4,7,17H,5-6,8H2,1-2H3,(H2,15,19). The minimum absolute atomic E-state index is 0.0878. The number of benzene rings is 1. The number of likely N-dealkylation sites (tertiary alicyclic amines) is 1. The maximum atomic E-state index is 12.3. The fraction of sp³-hybridized carbons (Fsp3) is 0.429. The smallest absolute Gasteiger partial charge is 0.254 e. The molecule has 1 aliphatic heterocycles. The van der Waals surface area contributed by atoms with Gasteiger partial charge in [-0.3, -0.25) is 9.59 Å². The van der Waals surface area contributed by atoms with Gasteiger partial charge in [-0.2, -0.15) is 0 Å². The highest BCUT2D eigenvalue weighted by Crippen LogP contribution is 2.32. The predicted octanol–water partition coefficient (Wildman–Crippen LogP) is 0.738. The number of nitrogens with two attached hydrogens (primary N) is 1. The maximum Gasteiger partial charge on any atom is 0.254 e. The highest BCUT2D eigenvalue weighted by atomic mass is 16.5. The fourth-order valence-corrected chi connectivity index (χ4v) is 2.34. The van der Waals surface area contributed by atoms with E-state index in [0.29, 0.717) is 30.8 Å². The summed E-state index contributed by atoms with van der Waals surface area (Å²) in [6.07, 6.45) is 0.552. The van der Waals surface area contributed by atoms with Gasteiger partial charge in [-0.15, -0.1) is 0 Å². The van der Waals surface area contributed by atoms with E-state index in [1.165, 1.54) is 19.2 Å². The van der Waals surface area contributed by atoms with Crippen molar-refractivity contribution < 1.29 is 19.4 Å². The van der Waals surface area contributed by atoms with Crippen molar-refractivity contribution in [3.63, 3.8) is 0 Å². The number of rotatable bonds is 3. The normalized spacial score (nSPS) is 21.8. The number of hydrogen-bond acceptors (Lipinski definition) is 4. The molecule has 1 fully saturated rings. The lowest BCUT2D eigenvalue weighted by molar-refractivity contribution is -0.126. The molecule has 6 nitrogen and oxygen atoms in total. The molecule has 0 bridgehead atoms. The zero-order valence-corrected chi connectivity index (χ0v) is 11.5. The SMILES string of the molecule is COc1ccc(C(=O)N2CCC(C)(C(N)=O)C2)cc1O. The molecule has 1 unspecified atom stereocenters. The van der Waals surface area contributed by atoms with Crippen molar-refractivity contribution in [3.05, 3.63) is 23.8 Å². The number of amides is 2. The summed E-state index contributed by atoms with van der Waals surface area (Å²) in [6.45, 7) is 2.53. The Morgan fingerprint density at radius 3 is 2.65 bits per heavy atom. The average Bonchev–Trinajstić information content (AvgIpc) is 2.82. The van der Waals surface area contributed by atoms with Crippen LogP contribution in [0, 0.1) is 5.41 Å². The molecule has 0 saturated carbocycles. The number of nitrogens with zero attached hydrogens (tertiary/aromatic N) is 1. The molecule has 2 rings (SSSR count). The van der Waals surface area contributed by atoms with Crippen LogP contribution < -0.4 is 10.5 Å². The Kier molecular flexibility index (Phi) is 3.57. The highest BCUT2D eigenvalue weighted by Gasteiger charge is 2.40. The van der Waals surface area contributed by atoms with Crippen molar-refractivity contribution in [1.29, 1.82) is 0 Å². The quantitative estimate of drug-likeness (QED) is 0.852. The van der Waals surface area contributed by atoms with E-state index in [1.54, 1.807) is 17.9 Å². The molecule has 2 amide bonds. The van der Waals surface area contributed by atoms with E-state index in [-0.39, 0.29) is 11.7 Å². The van der Waals surface area contributed by atoms with E-state index in [2.05, 4.69) is 0 Å². The number of phenols is 1. The number of carbonyl (C=O) groups excluding carboxylic acids is 2. The molecule has 0 radical (unpaired) electrons. The van der Waals surface area contributed by atoms with E-state index in [9.17, 15) is 14.7 Å². The van der Waals surface area contributed by atoms with Gasteiger partial charge in [-0.05, 0) is 31.5 Å². The van der Waals surface area contributed by atoms with Gasteiger partial charge in [0.2, 0.25) is 5.91 Å². The molecule has 1 atom stereocenters. The summed E-state index contributed by atoms with van der Waals surface area (Å²) in [5.41, 5.74) is 5.04. The molecule has 1 aliphatic rings. The molecule has 6 heteroatoms. The van der Waals surface area contributed by atoms with Gasteiger partial charge in [0.15, 0.2) is 11.5 Å². The number of ether oxygens (including phenoxy) is 1. The summed E-state index contributed by atoms with van der Waals surface area (Å²) in [7, 11) is 1.44. The molecule has 0 aromatic heterocycles. The number of primary amides is 1. The van der Waals surface area contributed by atoms with Gasteiger partial charge in [0, 0.05) is 18.7 Å². The average molecular weight is 278 g/mol. The van der Waals surface area contributed by atoms with Gasteiger partial charge in [-0.1, -0.05) is 0 Å². The van der Waals surface area contributed by atoms with E-state index >= 15 is 0 Å². The van der Waals surface area contributed by atoms with Gasteiger partial charge in [0.1, 0.15) is 0 Å². The van der Waals surface area contributed by atoms with E-state index < -0.39 is 11.3 Å². The Hall–Kier alpha value is -2.24. The molecule has 1 saturated heterocycles. The molecular weight excluding hydrogens is 260 g/mol. The van der Waals surface area contributed by atoms with Gasteiger partial charge in [0.25, 0.3) is 5.91 Å². The zero-order valence-electron chi connectivity index (χ0n) is 11.5. The predicted molar refractivity (Wildman–Crippen MR) is 72.5 cm³/mol. The number of methoxy groups -OCH3 is 1. The topological polar surface area (TPSA) is 92.9 Å². The first-order chi connectivity index (χ1) is 9.37. The zero-order chi connectivity index (χ0) is 14.9. The molecular formula is C14H18N2O4. The monoisotopic (exact) mass is 278 g/mol. The third-order valence-corrected chi connectivity index (χ3v) is 3.78. The van der Waals surface area contributed by atoms with Crippen molar-refractivity contribution in [2.75, 3.05) is 20.2 Å². The lowest BCUT2D eigenvalue weighted by Crippen LogP contribution is -2.38. The Morgan fingerprint density at radius 2 is 2.15 bits per heavy atom. The number of phenolic OH excluding ortho intramolecular Hbond substituents is 1. The van der Waals surface area contributed by atoms with Crippen LogP contribution in [0.1, 0.15) is 23.7 Å². The molecule has 0 aliphatic carbocycles. The summed E-state index contributed by atoms with van der Waals surface area (Å²) >= 11 is 0. The molecule has 3 N–H and O–H groups in total. The second-order valence-corrected chi connectivity index (χ2v) is 5.29. The van der Waals surface area contributed by atoms with Crippen LogP contribution >= 0.6 is 0 Å². The van der Waals surface area contributed by atoms with Crippen molar-refractivity contribution in [3.8, 4) is 11.5 Å². The maximum absolute atomic E-state index is 12.3. The van der Waals surface area contributed by atoms with E-state index in [0.717, 1.165) is 0 Å². The second kappa shape index (κ2) is 5.03. The van der Waals surface area contributed by atoms with Crippen LogP contribution in [0.2, 0.25) is 0 Å². The van der Waals surface area contributed by atoms with Crippen LogP contribution in [0.5, 0.6) is 11.5 Å². The fourth-order valence-electron chi connectivity index (χ4n) is 2.34. The molecule has 0 spiro atoms. The van der Waals surface area contributed by atoms with Crippen molar-refractivity contribution >= 4 is 11.8 Å². The van der Waals surface area contributed by atoms with Gasteiger partial charge >= 0.3 is 0 Å². The van der Waals surface area contributed by atoms with E-state index in [1.807, 2.05) is 0 Å². The van der Waals surface area contributed by atoms with Crippen molar-refractivity contribution in [2.24, 2.45) is 11.1 Å². The van der Waals surface area contributed by atoms with Crippen LogP contribution in [0.4, 0.5) is 0 Å². The third-order valence-electron chi connectivity index (χ3n) is 3.78. The lowest BCUT2D eigenvalue weighted by atomic mass is 9.89. The van der Waals surface area contributed by atoms with Crippen molar-refractivity contribution in [2.45, 2.75) is 13.3 Å². The summed E-state index contributed by atoms with van der Waals surface area (Å²) in [5.74, 6) is -0.404. The summed E-state index contributed by atoms with van der Waals surface area (Å²) in [5, 5.41) is 9.70. The first-order valence-corrected chi connectivity index (χ1v) is 6.33. The Morgan fingerprint density at radius 1 is 1.45 bits per heavy atom. The molecule has 1 aromatic carbocycles. The van der Waals surface area contributed by atoms with Crippen LogP contribution in [0.15, 0.2) is 18.2 Å². The van der Waals surface area contributed by atoms with Crippen LogP contribution in [0.3, 0.4) is 0 Å². The van der Waals surface area contributed by atoms with Gasteiger partial charge in [-0.25, -0.2) is 0 Å². The number of aromatic hydroxyl groups is 1. The largest absolute Gasteiger partial charge is 0.504 e. The third kappa shape index (κ3) is 2.41. The Bertz CT molecular complexity index is 558. The van der Waals surface area contributed by atoms with Crippen molar-refractivity contribution in [1.82, 2.24) is 4.90 Å². The molecule has 1 heterocycles. The number of hydrogen-bond donors (Lipinski definition) is 2. The summed E-state index contributed by atoms with van der Waals surface area (Å²) in [4.78, 5) is 25.3. The number of carbonyl (C=O) groups is 2. The minimum Gasteiger partial charge on any atom is -0.504 e. The van der Waals surface area contributed by atoms with Gasteiger partial charge < -0.3 is 20.5 Å². The Labute approximate surface area is 117 Å². The lowest BCUT2D eigenvalue weighted by Gasteiger charge is -2.21. The Balaban J connectivity index is 2.17. The van der Waals surface area contributed by atoms with Crippen LogP contribution in [0.25, 0.3) is 0 Å². The highest BCUT2D eigenvalue weighted by molar-refractivity contribution is 5.96. The summed E-state index contributed by atoms with van der Waals surface area (Å²) < 4.78 is 4.93. The minimum atomic E-state index is -0.676. The first kappa shape index (κ1) is 14.2. The molecule has 1 aromatic rings.